The van der Waals surface area contributed by atoms with Crippen molar-refractivity contribution in [1.82, 2.24) is 9.80 Å². The Morgan fingerprint density at radius 1 is 0.943 bits per heavy atom. The number of carbonyl (C=O) groups excluding carboxylic acids is 2. The van der Waals surface area contributed by atoms with Crippen LogP contribution >= 0.6 is 0 Å². The Balaban J connectivity index is 1.24. The largest absolute Gasteiger partial charge is 0.366 e. The number of nitrogens with zero attached hydrogens (tertiary/aromatic N) is 4. The summed E-state index contributed by atoms with van der Waals surface area (Å²) in [7, 11) is 0. The minimum absolute atomic E-state index is 0.0375. The van der Waals surface area contributed by atoms with Crippen molar-refractivity contribution in [2.45, 2.75) is 26.7 Å². The minimum atomic E-state index is -0.353. The zero-order valence-electron chi connectivity index (χ0n) is 20.4. The molecule has 2 aromatic rings. The third-order valence-corrected chi connectivity index (χ3v) is 7.06. The molecule has 0 radical (unpaired) electrons. The summed E-state index contributed by atoms with van der Waals surface area (Å²) < 4.78 is 0. The molecule has 2 saturated heterocycles. The molecule has 0 bridgehead atoms. The van der Waals surface area contributed by atoms with E-state index in [1.807, 2.05) is 47.9 Å². The Hall–Kier alpha value is -3.46. The van der Waals surface area contributed by atoms with E-state index in [1.165, 1.54) is 6.07 Å². The Labute approximate surface area is 205 Å². The van der Waals surface area contributed by atoms with E-state index in [1.54, 1.807) is 12.1 Å². The Morgan fingerprint density at radius 3 is 2.20 bits per heavy atom. The molecular formula is C26H33N5O4. The molecule has 2 aliphatic rings. The first-order valence-corrected chi connectivity index (χ1v) is 12.2. The van der Waals surface area contributed by atoms with Gasteiger partial charge in [-0.25, -0.2) is 0 Å². The highest BCUT2D eigenvalue weighted by Gasteiger charge is 2.32. The average molecular weight is 480 g/mol. The molecule has 1 N–H and O–H groups in total. The van der Waals surface area contributed by atoms with E-state index in [0.717, 1.165) is 16.8 Å². The van der Waals surface area contributed by atoms with Crippen LogP contribution in [0.4, 0.5) is 17.1 Å². The van der Waals surface area contributed by atoms with Crippen LogP contribution in [0.15, 0.2) is 42.5 Å². The van der Waals surface area contributed by atoms with E-state index in [0.29, 0.717) is 64.3 Å². The van der Waals surface area contributed by atoms with Gasteiger partial charge in [-0.05, 0) is 43.9 Å². The van der Waals surface area contributed by atoms with Gasteiger partial charge in [0.2, 0.25) is 11.8 Å². The van der Waals surface area contributed by atoms with Gasteiger partial charge in [-0.2, -0.15) is 0 Å². The summed E-state index contributed by atoms with van der Waals surface area (Å²) in [6.07, 6.45) is 1.37. The highest BCUT2D eigenvalue weighted by Crippen LogP contribution is 2.31. The van der Waals surface area contributed by atoms with Crippen molar-refractivity contribution in [1.29, 1.82) is 0 Å². The lowest BCUT2D eigenvalue weighted by Gasteiger charge is -2.38. The third-order valence-electron chi connectivity index (χ3n) is 7.06. The fourth-order valence-corrected chi connectivity index (χ4v) is 5.03. The number of benzene rings is 2. The number of amides is 2. The maximum Gasteiger partial charge on any atom is 0.292 e. The molecule has 2 aromatic carbocycles. The third kappa shape index (κ3) is 5.79. The number of hydrogen-bond acceptors (Lipinski definition) is 6. The van der Waals surface area contributed by atoms with E-state index < -0.39 is 0 Å². The molecule has 0 unspecified atom stereocenters. The van der Waals surface area contributed by atoms with Crippen LogP contribution in [0, 0.1) is 29.9 Å². The van der Waals surface area contributed by atoms with E-state index in [2.05, 4.69) is 10.2 Å². The van der Waals surface area contributed by atoms with Crippen LogP contribution in [0.3, 0.4) is 0 Å². The average Bonchev–Trinajstić information content (AvgIpc) is 2.86. The Kier molecular flexibility index (Phi) is 7.65. The molecule has 0 atom stereocenters. The predicted octanol–water partition coefficient (Wildman–Crippen LogP) is 3.21. The highest BCUT2D eigenvalue weighted by atomic mass is 16.6. The first-order valence-electron chi connectivity index (χ1n) is 12.2. The van der Waals surface area contributed by atoms with Gasteiger partial charge in [0.25, 0.3) is 5.69 Å². The van der Waals surface area contributed by atoms with Crippen LogP contribution in [0.25, 0.3) is 0 Å². The molecule has 4 rings (SSSR count). The molecule has 9 heteroatoms. The van der Waals surface area contributed by atoms with Gasteiger partial charge in [-0.1, -0.05) is 30.3 Å². The lowest BCUT2D eigenvalue weighted by Crippen LogP contribution is -2.52. The first kappa shape index (κ1) is 24.7. The molecule has 2 aliphatic heterocycles. The number of anilines is 2. The van der Waals surface area contributed by atoms with Gasteiger partial charge >= 0.3 is 0 Å². The number of piperazine rings is 1. The van der Waals surface area contributed by atoms with Gasteiger partial charge in [-0.15, -0.1) is 0 Å². The fraction of sp³-hybridized carbons (Fsp3) is 0.462. The molecule has 0 aromatic heterocycles. The molecule has 2 amide bonds. The van der Waals surface area contributed by atoms with Gasteiger partial charge in [0.1, 0.15) is 5.69 Å². The number of nitro groups is 1. The Morgan fingerprint density at radius 2 is 1.57 bits per heavy atom. The summed E-state index contributed by atoms with van der Waals surface area (Å²) in [5, 5.41) is 14.4. The molecule has 2 heterocycles. The molecule has 9 nitrogen and oxygen atoms in total. The number of nitro benzene ring substituents is 1. The summed E-state index contributed by atoms with van der Waals surface area (Å²) in [6.45, 7) is 8.09. The van der Waals surface area contributed by atoms with Crippen LogP contribution in [0.1, 0.15) is 24.0 Å². The van der Waals surface area contributed by atoms with E-state index >= 15 is 0 Å². The number of carbonyl (C=O) groups is 2. The molecule has 0 aliphatic carbocycles. The molecule has 35 heavy (non-hydrogen) atoms. The second-order valence-corrected chi connectivity index (χ2v) is 9.42. The minimum Gasteiger partial charge on any atom is -0.366 e. The van der Waals surface area contributed by atoms with Crippen molar-refractivity contribution in [2.24, 2.45) is 5.92 Å². The number of para-hydroxylation sites is 3. The van der Waals surface area contributed by atoms with Crippen molar-refractivity contribution < 1.29 is 14.5 Å². The Bertz CT molecular complexity index is 1070. The van der Waals surface area contributed by atoms with Gasteiger partial charge in [0.05, 0.1) is 11.5 Å². The topological polar surface area (TPSA) is 99.0 Å². The smallest absolute Gasteiger partial charge is 0.292 e. The van der Waals surface area contributed by atoms with Crippen LogP contribution in [-0.4, -0.2) is 72.4 Å². The van der Waals surface area contributed by atoms with E-state index in [-0.39, 0.29) is 28.3 Å². The molecular weight excluding hydrogens is 446 g/mol. The van der Waals surface area contributed by atoms with Crippen molar-refractivity contribution in [2.75, 3.05) is 56.0 Å². The van der Waals surface area contributed by atoms with Crippen molar-refractivity contribution in [3.63, 3.8) is 0 Å². The summed E-state index contributed by atoms with van der Waals surface area (Å²) in [5.74, 6) is 0.0595. The van der Waals surface area contributed by atoms with Crippen LogP contribution in [0.5, 0.6) is 0 Å². The number of hydrogen-bond donors (Lipinski definition) is 1. The van der Waals surface area contributed by atoms with Gasteiger partial charge < -0.3 is 15.1 Å². The number of rotatable bonds is 6. The van der Waals surface area contributed by atoms with E-state index in [4.69, 9.17) is 0 Å². The second-order valence-electron chi connectivity index (χ2n) is 9.42. The van der Waals surface area contributed by atoms with Crippen LogP contribution in [0.2, 0.25) is 0 Å². The second kappa shape index (κ2) is 10.9. The van der Waals surface area contributed by atoms with Gasteiger partial charge in [0.15, 0.2) is 0 Å². The van der Waals surface area contributed by atoms with Crippen molar-refractivity contribution in [3.8, 4) is 0 Å². The molecule has 2 fully saturated rings. The van der Waals surface area contributed by atoms with Crippen molar-refractivity contribution in [3.05, 3.63) is 63.7 Å². The van der Waals surface area contributed by atoms with Crippen LogP contribution < -0.4 is 10.2 Å². The van der Waals surface area contributed by atoms with Crippen LogP contribution in [-0.2, 0) is 9.59 Å². The van der Waals surface area contributed by atoms with Gasteiger partial charge in [-0.3, -0.25) is 24.6 Å². The quantitative estimate of drug-likeness (QED) is 0.505. The maximum absolute atomic E-state index is 13.1. The standard InChI is InChI=1S/C26H33N5O4/c1-19-6-5-7-20(2)25(19)27-24(32)18-28-14-16-30(17-15-28)26(33)21-10-12-29(13-11-21)22-8-3-4-9-23(22)31(34)35/h3-9,21H,10-18H2,1-2H3,(H,27,32). The number of nitrogens with one attached hydrogen (secondary N) is 1. The summed E-state index contributed by atoms with van der Waals surface area (Å²) in [6, 6.07) is 12.7. The normalized spacial score (nSPS) is 17.3. The molecule has 186 valence electrons. The summed E-state index contributed by atoms with van der Waals surface area (Å²) in [5.41, 5.74) is 3.69. The SMILES string of the molecule is Cc1cccc(C)c1NC(=O)CN1CCN(C(=O)C2CCN(c3ccccc3[N+](=O)[O-])CC2)CC1. The lowest BCUT2D eigenvalue weighted by molar-refractivity contribution is -0.384. The zero-order chi connectivity index (χ0) is 24.9. The predicted molar refractivity (Wildman–Crippen MR) is 136 cm³/mol. The van der Waals surface area contributed by atoms with Crippen molar-refractivity contribution >= 4 is 28.9 Å². The zero-order valence-corrected chi connectivity index (χ0v) is 20.4. The molecule has 0 saturated carbocycles. The maximum atomic E-state index is 13.1. The fourth-order valence-electron chi connectivity index (χ4n) is 5.03. The lowest BCUT2D eigenvalue weighted by atomic mass is 9.94. The van der Waals surface area contributed by atoms with E-state index in [9.17, 15) is 19.7 Å². The summed E-state index contributed by atoms with van der Waals surface area (Å²) in [4.78, 5) is 42.7. The molecule has 0 spiro atoms. The van der Waals surface area contributed by atoms with Gasteiger partial charge in [0, 0.05) is 56.9 Å². The summed E-state index contributed by atoms with van der Waals surface area (Å²) >= 11 is 0. The first-order chi connectivity index (χ1) is 16.8. The number of piperidine rings is 1. The highest BCUT2D eigenvalue weighted by molar-refractivity contribution is 5.93. The number of aryl methyl sites for hydroxylation is 2. The monoisotopic (exact) mass is 479 g/mol.